The van der Waals surface area contributed by atoms with Gasteiger partial charge in [0.2, 0.25) is 11.8 Å². The summed E-state index contributed by atoms with van der Waals surface area (Å²) in [6.07, 6.45) is 1.83. The Bertz CT molecular complexity index is 405. The first-order valence-electron chi connectivity index (χ1n) is 6.83. The molecule has 2 amide bonds. The molecule has 0 radical (unpaired) electrons. The first-order chi connectivity index (χ1) is 8.74. The lowest BCUT2D eigenvalue weighted by Gasteiger charge is -2.34. The Hall–Kier alpha value is -1.39. The van der Waals surface area contributed by atoms with E-state index in [1.165, 1.54) is 4.90 Å². The third-order valence-corrected chi connectivity index (χ3v) is 4.43. The summed E-state index contributed by atoms with van der Waals surface area (Å²) in [7, 11) is 0. The number of carboxylic acid groups (broad SMARTS) is 1. The number of fused-ring (bicyclic) bond motifs is 1. The van der Waals surface area contributed by atoms with Crippen LogP contribution in [0.25, 0.3) is 0 Å². The van der Waals surface area contributed by atoms with Gasteiger partial charge in [-0.3, -0.25) is 19.3 Å². The highest BCUT2D eigenvalue weighted by atomic mass is 16.4. The van der Waals surface area contributed by atoms with E-state index in [4.69, 9.17) is 5.11 Å². The molecule has 2 fully saturated rings. The van der Waals surface area contributed by atoms with E-state index in [9.17, 15) is 14.4 Å². The zero-order valence-electron chi connectivity index (χ0n) is 11.7. The lowest BCUT2D eigenvalue weighted by molar-refractivity contribution is -0.149. The van der Waals surface area contributed by atoms with Gasteiger partial charge in [-0.15, -0.1) is 0 Å². The molecule has 0 spiro atoms. The topological polar surface area (TPSA) is 74.7 Å². The Morgan fingerprint density at radius 3 is 2.16 bits per heavy atom. The zero-order chi connectivity index (χ0) is 14.4. The summed E-state index contributed by atoms with van der Waals surface area (Å²) in [5.74, 6) is -1.03. The number of nitrogens with zero attached hydrogens (tertiary/aromatic N) is 1. The SMILES string of the molecule is CC1CC2C(=O)N(C(C)(C)CCC(=O)O)C(=O)C2C1. The normalized spacial score (nSPS) is 30.9. The molecule has 2 rings (SSSR count). The maximum atomic E-state index is 12.4. The van der Waals surface area contributed by atoms with Crippen LogP contribution < -0.4 is 0 Å². The molecular weight excluding hydrogens is 246 g/mol. The van der Waals surface area contributed by atoms with Crippen LogP contribution in [-0.4, -0.2) is 33.3 Å². The Morgan fingerprint density at radius 2 is 1.74 bits per heavy atom. The number of rotatable bonds is 4. The fourth-order valence-electron chi connectivity index (χ4n) is 3.40. The molecule has 5 nitrogen and oxygen atoms in total. The number of aliphatic carboxylic acids is 1. The molecule has 1 aliphatic carbocycles. The number of hydrogen-bond acceptors (Lipinski definition) is 3. The monoisotopic (exact) mass is 267 g/mol. The minimum atomic E-state index is -0.902. The van der Waals surface area contributed by atoms with E-state index in [-0.39, 0.29) is 30.1 Å². The maximum Gasteiger partial charge on any atom is 0.303 e. The van der Waals surface area contributed by atoms with Crippen molar-refractivity contribution in [3.8, 4) is 0 Å². The van der Waals surface area contributed by atoms with Crippen LogP contribution in [0.2, 0.25) is 0 Å². The predicted octanol–water partition coefficient (Wildman–Crippen LogP) is 1.66. The molecule has 106 valence electrons. The van der Waals surface area contributed by atoms with Crippen LogP contribution in [0.3, 0.4) is 0 Å². The van der Waals surface area contributed by atoms with Crippen molar-refractivity contribution in [3.63, 3.8) is 0 Å². The molecule has 2 atom stereocenters. The van der Waals surface area contributed by atoms with Gasteiger partial charge in [-0.1, -0.05) is 6.92 Å². The lowest BCUT2D eigenvalue weighted by Crippen LogP contribution is -2.48. The molecule has 19 heavy (non-hydrogen) atoms. The van der Waals surface area contributed by atoms with Gasteiger partial charge >= 0.3 is 5.97 Å². The van der Waals surface area contributed by atoms with E-state index >= 15 is 0 Å². The van der Waals surface area contributed by atoms with Gasteiger partial charge in [0.05, 0.1) is 11.8 Å². The summed E-state index contributed by atoms with van der Waals surface area (Å²) in [5.41, 5.74) is -0.708. The highest BCUT2D eigenvalue weighted by molar-refractivity contribution is 6.06. The van der Waals surface area contributed by atoms with Gasteiger partial charge in [0.1, 0.15) is 0 Å². The minimum Gasteiger partial charge on any atom is -0.481 e. The van der Waals surface area contributed by atoms with Gasteiger partial charge in [0, 0.05) is 12.0 Å². The quantitative estimate of drug-likeness (QED) is 0.786. The Balaban J connectivity index is 2.15. The lowest BCUT2D eigenvalue weighted by atomic mass is 9.95. The second kappa shape index (κ2) is 4.62. The van der Waals surface area contributed by atoms with E-state index in [1.807, 2.05) is 0 Å². The minimum absolute atomic E-state index is 0.0319. The molecule has 1 saturated heterocycles. The Labute approximate surface area is 113 Å². The highest BCUT2D eigenvalue weighted by Crippen LogP contribution is 2.45. The summed E-state index contributed by atoms with van der Waals surface area (Å²) < 4.78 is 0. The van der Waals surface area contributed by atoms with E-state index in [0.29, 0.717) is 12.3 Å². The van der Waals surface area contributed by atoms with Gasteiger partial charge in [-0.25, -0.2) is 0 Å². The van der Waals surface area contributed by atoms with Crippen molar-refractivity contribution in [2.24, 2.45) is 17.8 Å². The van der Waals surface area contributed by atoms with Gasteiger partial charge in [-0.2, -0.15) is 0 Å². The number of carbonyl (C=O) groups is 3. The third kappa shape index (κ3) is 2.38. The van der Waals surface area contributed by atoms with Crippen LogP contribution in [0.4, 0.5) is 0 Å². The van der Waals surface area contributed by atoms with Crippen molar-refractivity contribution in [1.29, 1.82) is 0 Å². The molecule has 5 heteroatoms. The van der Waals surface area contributed by atoms with E-state index in [2.05, 4.69) is 6.92 Å². The number of imide groups is 1. The first kappa shape index (κ1) is 14.0. The van der Waals surface area contributed by atoms with Crippen molar-refractivity contribution in [2.45, 2.75) is 52.0 Å². The van der Waals surface area contributed by atoms with Crippen molar-refractivity contribution < 1.29 is 19.5 Å². The molecule has 1 heterocycles. The van der Waals surface area contributed by atoms with Crippen molar-refractivity contribution in [3.05, 3.63) is 0 Å². The zero-order valence-corrected chi connectivity index (χ0v) is 11.7. The van der Waals surface area contributed by atoms with Crippen LogP contribution in [0.1, 0.15) is 46.5 Å². The molecule has 0 bridgehead atoms. The number of likely N-dealkylation sites (tertiary alicyclic amines) is 1. The van der Waals surface area contributed by atoms with Gasteiger partial charge in [0.15, 0.2) is 0 Å². The van der Waals surface area contributed by atoms with Crippen LogP contribution in [0.5, 0.6) is 0 Å². The van der Waals surface area contributed by atoms with Gasteiger partial charge in [-0.05, 0) is 39.0 Å². The largest absolute Gasteiger partial charge is 0.481 e. The summed E-state index contributed by atoms with van der Waals surface area (Å²) in [4.78, 5) is 36.8. The first-order valence-corrected chi connectivity index (χ1v) is 6.83. The molecule has 0 aromatic heterocycles. The van der Waals surface area contributed by atoms with Crippen molar-refractivity contribution >= 4 is 17.8 Å². The number of carbonyl (C=O) groups excluding carboxylic acids is 2. The second-order valence-electron chi connectivity index (χ2n) is 6.51. The standard InChI is InChI=1S/C14H21NO4/c1-8-6-9-10(7-8)13(19)15(12(9)18)14(2,3)5-4-11(16)17/h8-10H,4-7H2,1-3H3,(H,16,17). The Morgan fingerprint density at radius 1 is 1.26 bits per heavy atom. The molecule has 2 aliphatic rings. The van der Waals surface area contributed by atoms with Crippen LogP contribution >= 0.6 is 0 Å². The van der Waals surface area contributed by atoms with Gasteiger partial charge in [0.25, 0.3) is 0 Å². The summed E-state index contributed by atoms with van der Waals surface area (Å²) in [6, 6.07) is 0. The molecule has 1 aliphatic heterocycles. The number of amides is 2. The second-order valence-corrected chi connectivity index (χ2v) is 6.51. The summed E-state index contributed by atoms with van der Waals surface area (Å²) >= 11 is 0. The molecular formula is C14H21NO4. The summed E-state index contributed by atoms with van der Waals surface area (Å²) in [6.45, 7) is 5.62. The highest BCUT2D eigenvalue weighted by Gasteiger charge is 2.55. The van der Waals surface area contributed by atoms with Crippen LogP contribution in [0, 0.1) is 17.8 Å². The molecule has 2 unspecified atom stereocenters. The number of carboxylic acids is 1. The predicted molar refractivity (Wildman–Crippen MR) is 68.2 cm³/mol. The van der Waals surface area contributed by atoms with Crippen molar-refractivity contribution in [1.82, 2.24) is 4.90 Å². The smallest absolute Gasteiger partial charge is 0.303 e. The molecule has 0 aromatic carbocycles. The van der Waals surface area contributed by atoms with Crippen molar-refractivity contribution in [2.75, 3.05) is 0 Å². The number of hydrogen-bond donors (Lipinski definition) is 1. The fourth-order valence-corrected chi connectivity index (χ4v) is 3.40. The van der Waals surface area contributed by atoms with E-state index in [0.717, 1.165) is 12.8 Å². The van der Waals surface area contributed by atoms with Gasteiger partial charge < -0.3 is 5.11 Å². The third-order valence-electron chi connectivity index (χ3n) is 4.43. The fraction of sp³-hybridized carbons (Fsp3) is 0.786. The average Bonchev–Trinajstić information content (AvgIpc) is 2.77. The summed E-state index contributed by atoms with van der Waals surface area (Å²) in [5, 5.41) is 8.76. The maximum absolute atomic E-state index is 12.4. The average molecular weight is 267 g/mol. The van der Waals surface area contributed by atoms with E-state index < -0.39 is 11.5 Å². The molecule has 1 N–H and O–H groups in total. The van der Waals surface area contributed by atoms with E-state index in [1.54, 1.807) is 13.8 Å². The van der Waals surface area contributed by atoms with Crippen LogP contribution in [0.15, 0.2) is 0 Å². The Kier molecular flexibility index (Phi) is 3.41. The molecule has 0 aromatic rings. The van der Waals surface area contributed by atoms with Crippen LogP contribution in [-0.2, 0) is 14.4 Å². The molecule has 1 saturated carbocycles.